The highest BCUT2D eigenvalue weighted by Gasteiger charge is 2.26. The van der Waals surface area contributed by atoms with Crippen LogP contribution < -0.4 is 0 Å². The van der Waals surface area contributed by atoms with Gasteiger partial charge >= 0.3 is 5.97 Å². The number of carbonyl (C=O) groups is 1. The zero-order valence-electron chi connectivity index (χ0n) is 11.5. The molecule has 104 valence electrons. The average molecular weight is 282 g/mol. The molecule has 19 heavy (non-hydrogen) atoms. The van der Waals surface area contributed by atoms with E-state index in [1.165, 1.54) is 6.08 Å². The molecule has 0 aliphatic carbocycles. The molecule has 0 aliphatic rings. The van der Waals surface area contributed by atoms with Gasteiger partial charge in [-0.1, -0.05) is 30.3 Å². The number of hydrogen-bond acceptors (Lipinski definition) is 4. The van der Waals surface area contributed by atoms with Crippen molar-refractivity contribution in [3.05, 3.63) is 40.8 Å². The van der Waals surface area contributed by atoms with Gasteiger partial charge in [0, 0.05) is 6.26 Å². The fourth-order valence-electron chi connectivity index (χ4n) is 1.35. The molecule has 4 nitrogen and oxygen atoms in total. The minimum atomic E-state index is -3.65. The molecule has 5 heteroatoms. The van der Waals surface area contributed by atoms with Gasteiger partial charge < -0.3 is 4.74 Å². The summed E-state index contributed by atoms with van der Waals surface area (Å²) in [7, 11) is -3.65. The Morgan fingerprint density at radius 1 is 1.16 bits per heavy atom. The van der Waals surface area contributed by atoms with Gasteiger partial charge in [-0.25, -0.2) is 13.2 Å². The van der Waals surface area contributed by atoms with Crippen LogP contribution in [-0.4, -0.2) is 26.2 Å². The SMILES string of the molecule is CC(C)(C)OC(=O)/C(=C\c1ccccc1)S(C)(=O)=O. The van der Waals surface area contributed by atoms with Crippen molar-refractivity contribution in [1.29, 1.82) is 0 Å². The number of rotatable bonds is 3. The second-order valence-electron chi connectivity index (χ2n) is 5.19. The second-order valence-corrected chi connectivity index (χ2v) is 7.18. The minimum absolute atomic E-state index is 0.339. The van der Waals surface area contributed by atoms with Crippen LogP contribution in [0.15, 0.2) is 35.2 Å². The van der Waals surface area contributed by atoms with Crippen molar-refractivity contribution in [2.75, 3.05) is 6.26 Å². The van der Waals surface area contributed by atoms with Crippen LogP contribution in [0.1, 0.15) is 26.3 Å². The van der Waals surface area contributed by atoms with Gasteiger partial charge in [-0.2, -0.15) is 0 Å². The van der Waals surface area contributed by atoms with E-state index < -0.39 is 21.4 Å². The van der Waals surface area contributed by atoms with E-state index in [1.807, 2.05) is 6.07 Å². The van der Waals surface area contributed by atoms with Crippen molar-refractivity contribution in [3.8, 4) is 0 Å². The molecule has 0 fully saturated rings. The number of ether oxygens (including phenoxy) is 1. The molecule has 0 unspecified atom stereocenters. The molecule has 1 rings (SSSR count). The lowest BCUT2D eigenvalue weighted by Gasteiger charge is -2.20. The first-order chi connectivity index (χ1) is 8.59. The van der Waals surface area contributed by atoms with Gasteiger partial charge in [-0.15, -0.1) is 0 Å². The van der Waals surface area contributed by atoms with Crippen LogP contribution in [0.5, 0.6) is 0 Å². The first-order valence-corrected chi connectivity index (χ1v) is 7.69. The summed E-state index contributed by atoms with van der Waals surface area (Å²) in [6.45, 7) is 5.06. The lowest BCUT2D eigenvalue weighted by Crippen LogP contribution is -2.27. The third kappa shape index (κ3) is 5.26. The van der Waals surface area contributed by atoms with E-state index in [9.17, 15) is 13.2 Å². The van der Waals surface area contributed by atoms with Crippen molar-refractivity contribution in [2.24, 2.45) is 0 Å². The summed E-state index contributed by atoms with van der Waals surface area (Å²) >= 11 is 0. The normalized spacial score (nSPS) is 13.2. The number of carbonyl (C=O) groups excluding carboxylic acids is 1. The Bertz CT molecular complexity index is 578. The molecule has 1 aromatic carbocycles. The van der Waals surface area contributed by atoms with E-state index in [0.29, 0.717) is 5.56 Å². The molecule has 0 bridgehead atoms. The molecular weight excluding hydrogens is 264 g/mol. The van der Waals surface area contributed by atoms with Crippen molar-refractivity contribution in [3.63, 3.8) is 0 Å². The largest absolute Gasteiger partial charge is 0.456 e. The minimum Gasteiger partial charge on any atom is -0.456 e. The van der Waals surface area contributed by atoms with E-state index >= 15 is 0 Å². The Morgan fingerprint density at radius 2 is 1.68 bits per heavy atom. The highest BCUT2D eigenvalue weighted by molar-refractivity contribution is 7.95. The van der Waals surface area contributed by atoms with Crippen molar-refractivity contribution >= 4 is 21.9 Å². The lowest BCUT2D eigenvalue weighted by atomic mass is 10.2. The Hall–Kier alpha value is -1.62. The predicted molar refractivity (Wildman–Crippen MR) is 75.1 cm³/mol. The van der Waals surface area contributed by atoms with E-state index in [0.717, 1.165) is 6.26 Å². The monoisotopic (exact) mass is 282 g/mol. The zero-order valence-corrected chi connectivity index (χ0v) is 12.3. The molecule has 0 aromatic heterocycles. The van der Waals surface area contributed by atoms with Crippen LogP contribution in [-0.2, 0) is 19.4 Å². The summed E-state index contributed by atoms with van der Waals surface area (Å²) in [4.78, 5) is 11.6. The standard InChI is InChI=1S/C14H18O4S/c1-14(2,3)18-13(15)12(19(4,16)17)10-11-8-6-5-7-9-11/h5-10H,1-4H3/b12-10+. The Kier molecular flexibility index (Phi) is 4.52. The summed E-state index contributed by atoms with van der Waals surface area (Å²) in [5, 5.41) is 0. The molecular formula is C14H18O4S. The highest BCUT2D eigenvalue weighted by Crippen LogP contribution is 2.17. The quantitative estimate of drug-likeness (QED) is 0.631. The maximum Gasteiger partial charge on any atom is 0.350 e. The first kappa shape index (κ1) is 15.4. The van der Waals surface area contributed by atoms with Gasteiger partial charge in [0.05, 0.1) is 0 Å². The van der Waals surface area contributed by atoms with Gasteiger partial charge in [-0.3, -0.25) is 0 Å². The zero-order chi connectivity index (χ0) is 14.7. The third-order valence-electron chi connectivity index (χ3n) is 2.10. The molecule has 0 spiro atoms. The van der Waals surface area contributed by atoms with Crippen LogP contribution in [0.3, 0.4) is 0 Å². The second kappa shape index (κ2) is 5.57. The predicted octanol–water partition coefficient (Wildman–Crippen LogP) is 2.41. The Balaban J connectivity index is 3.18. The van der Waals surface area contributed by atoms with Crippen LogP contribution in [0, 0.1) is 0 Å². The molecule has 0 atom stereocenters. The fourth-order valence-corrected chi connectivity index (χ4v) is 2.04. The molecule has 0 radical (unpaired) electrons. The van der Waals surface area contributed by atoms with Crippen LogP contribution in [0.25, 0.3) is 6.08 Å². The third-order valence-corrected chi connectivity index (χ3v) is 3.18. The van der Waals surface area contributed by atoms with Gasteiger partial charge in [0.25, 0.3) is 0 Å². The number of benzene rings is 1. The van der Waals surface area contributed by atoms with Gasteiger partial charge in [0.2, 0.25) is 0 Å². The van der Waals surface area contributed by atoms with Crippen molar-refractivity contribution in [2.45, 2.75) is 26.4 Å². The summed E-state index contributed by atoms with van der Waals surface area (Å²) in [6, 6.07) is 8.78. The highest BCUT2D eigenvalue weighted by atomic mass is 32.2. The number of sulfone groups is 1. The van der Waals surface area contributed by atoms with Gasteiger partial charge in [0.15, 0.2) is 14.7 Å². The summed E-state index contributed by atoms with van der Waals surface area (Å²) < 4.78 is 28.5. The van der Waals surface area contributed by atoms with Crippen molar-refractivity contribution < 1.29 is 17.9 Å². The van der Waals surface area contributed by atoms with E-state index in [2.05, 4.69) is 0 Å². The Labute approximate surface area is 114 Å². The maximum absolute atomic E-state index is 11.9. The van der Waals surface area contributed by atoms with Crippen LogP contribution in [0.4, 0.5) is 0 Å². The lowest BCUT2D eigenvalue weighted by molar-refractivity contribution is -0.148. The van der Waals surface area contributed by atoms with E-state index in [-0.39, 0.29) is 4.91 Å². The molecule has 0 aliphatic heterocycles. The van der Waals surface area contributed by atoms with Crippen LogP contribution in [0.2, 0.25) is 0 Å². The van der Waals surface area contributed by atoms with E-state index in [1.54, 1.807) is 45.0 Å². The maximum atomic E-state index is 11.9. The summed E-state index contributed by atoms with van der Waals surface area (Å²) in [5.41, 5.74) is -0.105. The first-order valence-electron chi connectivity index (χ1n) is 5.80. The fraction of sp³-hybridized carbons (Fsp3) is 0.357. The molecule has 0 N–H and O–H groups in total. The summed E-state index contributed by atoms with van der Waals surface area (Å²) in [6.07, 6.45) is 2.31. The van der Waals surface area contributed by atoms with Crippen molar-refractivity contribution in [1.82, 2.24) is 0 Å². The van der Waals surface area contributed by atoms with Crippen LogP contribution >= 0.6 is 0 Å². The number of esters is 1. The van der Waals surface area contributed by atoms with Gasteiger partial charge in [-0.05, 0) is 32.4 Å². The topological polar surface area (TPSA) is 60.4 Å². The molecule has 1 aromatic rings. The molecule has 0 amide bonds. The average Bonchev–Trinajstić information content (AvgIpc) is 2.23. The molecule has 0 saturated heterocycles. The number of hydrogen-bond donors (Lipinski definition) is 0. The molecule has 0 heterocycles. The summed E-state index contributed by atoms with van der Waals surface area (Å²) in [5.74, 6) is -0.834. The van der Waals surface area contributed by atoms with E-state index in [4.69, 9.17) is 4.74 Å². The molecule has 0 saturated carbocycles. The van der Waals surface area contributed by atoms with Gasteiger partial charge in [0.1, 0.15) is 5.60 Å². The smallest absolute Gasteiger partial charge is 0.350 e. The Morgan fingerprint density at radius 3 is 2.11 bits per heavy atom.